The number of hydrogen-bond acceptors (Lipinski definition) is 2. The number of carbonyl (C=O) groups is 1. The molecule has 3 aromatic carbocycles. The summed E-state index contributed by atoms with van der Waals surface area (Å²) < 4.78 is 57.7. The van der Waals surface area contributed by atoms with Crippen LogP contribution in [0.2, 0.25) is 0 Å². The van der Waals surface area contributed by atoms with Crippen LogP contribution in [-0.2, 0) is 6.18 Å². The first-order valence-corrected chi connectivity index (χ1v) is 9.45. The molecule has 0 saturated carbocycles. The molecule has 0 saturated heterocycles. The Hall–Kier alpha value is -4.01. The van der Waals surface area contributed by atoms with Crippen molar-refractivity contribution in [1.82, 2.24) is 4.98 Å². The normalized spacial score (nSPS) is 11.4. The summed E-state index contributed by atoms with van der Waals surface area (Å²) in [5.41, 5.74) is 1.41. The van der Waals surface area contributed by atoms with Gasteiger partial charge in [0.15, 0.2) is 0 Å². The molecule has 9 heteroatoms. The minimum absolute atomic E-state index is 0.380. The number of amides is 2. The first-order valence-electron chi connectivity index (χ1n) is 9.45. The quantitative estimate of drug-likeness (QED) is 0.309. The van der Waals surface area contributed by atoms with Gasteiger partial charge in [-0.2, -0.15) is 13.2 Å². The van der Waals surface area contributed by atoms with E-state index in [0.29, 0.717) is 29.6 Å². The van der Waals surface area contributed by atoms with Crippen LogP contribution in [0.3, 0.4) is 0 Å². The number of aromatic nitrogens is 1. The number of benzene rings is 3. The third kappa shape index (κ3) is 4.22. The van der Waals surface area contributed by atoms with Gasteiger partial charge in [0, 0.05) is 28.4 Å². The number of nitrogens with one attached hydrogen (secondary N) is 3. The molecule has 0 unspecified atom stereocenters. The van der Waals surface area contributed by atoms with Gasteiger partial charge in [-0.25, -0.2) is 9.18 Å². The maximum atomic E-state index is 13.8. The van der Waals surface area contributed by atoms with Crippen LogP contribution < -0.4 is 15.4 Å². The van der Waals surface area contributed by atoms with Crippen LogP contribution in [-0.4, -0.2) is 18.1 Å². The van der Waals surface area contributed by atoms with Crippen molar-refractivity contribution in [2.24, 2.45) is 0 Å². The summed E-state index contributed by atoms with van der Waals surface area (Å²) in [7, 11) is 1.59. The molecule has 4 aromatic rings. The number of hydrogen-bond donors (Lipinski definition) is 3. The lowest BCUT2D eigenvalue weighted by Crippen LogP contribution is -2.20. The lowest BCUT2D eigenvalue weighted by atomic mass is 10.0. The molecular formula is C23H17F4N3O2. The fourth-order valence-electron chi connectivity index (χ4n) is 3.36. The molecule has 0 radical (unpaired) electrons. The zero-order valence-electron chi connectivity index (χ0n) is 16.7. The van der Waals surface area contributed by atoms with Crippen LogP contribution in [0.4, 0.5) is 33.7 Å². The van der Waals surface area contributed by atoms with Gasteiger partial charge in [-0.1, -0.05) is 18.2 Å². The van der Waals surface area contributed by atoms with Crippen molar-refractivity contribution < 1.29 is 27.1 Å². The zero-order valence-corrected chi connectivity index (χ0v) is 16.7. The Morgan fingerprint density at radius 1 is 1.00 bits per heavy atom. The second-order valence-corrected chi connectivity index (χ2v) is 6.93. The highest BCUT2D eigenvalue weighted by molar-refractivity contribution is 6.01. The maximum absolute atomic E-state index is 13.8. The van der Waals surface area contributed by atoms with Crippen LogP contribution in [0, 0.1) is 5.82 Å². The Kier molecular flexibility index (Phi) is 5.48. The molecule has 0 spiro atoms. The molecule has 1 aromatic heterocycles. The number of anilines is 2. The van der Waals surface area contributed by atoms with Crippen LogP contribution in [0.5, 0.6) is 5.75 Å². The number of rotatable bonds is 4. The molecule has 0 bridgehead atoms. The lowest BCUT2D eigenvalue weighted by molar-refractivity contribution is -0.137. The highest BCUT2D eigenvalue weighted by atomic mass is 19.4. The van der Waals surface area contributed by atoms with Crippen molar-refractivity contribution in [1.29, 1.82) is 0 Å². The molecule has 4 rings (SSSR count). The van der Waals surface area contributed by atoms with Gasteiger partial charge in [0.1, 0.15) is 11.6 Å². The van der Waals surface area contributed by atoms with E-state index in [1.54, 1.807) is 31.4 Å². The molecule has 2 amide bonds. The molecule has 0 fully saturated rings. The molecule has 164 valence electrons. The molecule has 0 aliphatic rings. The Balaban J connectivity index is 1.51. The summed E-state index contributed by atoms with van der Waals surface area (Å²) in [6.45, 7) is 0. The summed E-state index contributed by atoms with van der Waals surface area (Å²) in [5, 5.41) is 5.49. The van der Waals surface area contributed by atoms with Gasteiger partial charge in [0.25, 0.3) is 0 Å². The molecule has 1 heterocycles. The van der Waals surface area contributed by atoms with Crippen LogP contribution in [0.15, 0.2) is 66.9 Å². The van der Waals surface area contributed by atoms with Crippen molar-refractivity contribution >= 4 is 28.3 Å². The third-order valence-electron chi connectivity index (χ3n) is 4.88. The lowest BCUT2D eigenvalue weighted by Gasteiger charge is -2.12. The highest BCUT2D eigenvalue weighted by Crippen LogP contribution is 2.36. The topological polar surface area (TPSA) is 66.1 Å². The number of halogens is 4. The number of H-pyrrole nitrogens is 1. The van der Waals surface area contributed by atoms with E-state index in [9.17, 15) is 22.4 Å². The molecular weight excluding hydrogens is 426 g/mol. The minimum atomic E-state index is -4.65. The molecule has 32 heavy (non-hydrogen) atoms. The van der Waals surface area contributed by atoms with E-state index >= 15 is 0 Å². The van der Waals surface area contributed by atoms with E-state index in [-0.39, 0.29) is 0 Å². The van der Waals surface area contributed by atoms with Gasteiger partial charge >= 0.3 is 12.2 Å². The first-order chi connectivity index (χ1) is 15.3. The van der Waals surface area contributed by atoms with E-state index in [4.69, 9.17) is 4.74 Å². The summed E-state index contributed by atoms with van der Waals surface area (Å²) in [6, 6.07) is 13.4. The smallest absolute Gasteiger partial charge is 0.416 e. The van der Waals surface area contributed by atoms with Crippen molar-refractivity contribution in [3.63, 3.8) is 0 Å². The third-order valence-corrected chi connectivity index (χ3v) is 4.88. The molecule has 5 nitrogen and oxygen atoms in total. The number of methoxy groups -OCH3 is 1. The Morgan fingerprint density at radius 2 is 1.75 bits per heavy atom. The predicted molar refractivity (Wildman–Crippen MR) is 114 cm³/mol. The maximum Gasteiger partial charge on any atom is 0.416 e. The van der Waals surface area contributed by atoms with Gasteiger partial charge < -0.3 is 20.4 Å². The number of alkyl halides is 3. The Labute approximate surface area is 180 Å². The Bertz CT molecular complexity index is 1280. The molecule has 0 aliphatic heterocycles. The molecule has 0 aliphatic carbocycles. The number of ether oxygens (including phenoxy) is 1. The van der Waals surface area contributed by atoms with E-state index in [1.165, 1.54) is 0 Å². The number of aromatic amines is 1. The van der Waals surface area contributed by atoms with Crippen molar-refractivity contribution in [2.75, 3.05) is 17.7 Å². The SMILES string of the molecule is COc1cccc2[nH]cc(-c3ccc(NC(=O)Nc4cc(C(F)(F)F)ccc4F)cc3)c12. The van der Waals surface area contributed by atoms with Gasteiger partial charge in [-0.05, 0) is 48.0 Å². The Morgan fingerprint density at radius 3 is 2.44 bits per heavy atom. The highest BCUT2D eigenvalue weighted by Gasteiger charge is 2.31. The van der Waals surface area contributed by atoms with Crippen molar-refractivity contribution in [2.45, 2.75) is 6.18 Å². The number of fused-ring (bicyclic) bond motifs is 1. The second-order valence-electron chi connectivity index (χ2n) is 6.93. The van der Waals surface area contributed by atoms with E-state index < -0.39 is 29.3 Å². The summed E-state index contributed by atoms with van der Waals surface area (Å²) >= 11 is 0. The average Bonchev–Trinajstić information content (AvgIpc) is 3.19. The van der Waals surface area contributed by atoms with Crippen LogP contribution >= 0.6 is 0 Å². The van der Waals surface area contributed by atoms with Crippen LogP contribution in [0.1, 0.15) is 5.56 Å². The summed E-state index contributed by atoms with van der Waals surface area (Å²) in [4.78, 5) is 15.4. The van der Waals surface area contributed by atoms with Gasteiger partial charge in [-0.15, -0.1) is 0 Å². The molecule has 0 atom stereocenters. The van der Waals surface area contributed by atoms with E-state index in [0.717, 1.165) is 22.0 Å². The average molecular weight is 443 g/mol. The summed E-state index contributed by atoms with van der Waals surface area (Å²) in [6.07, 6.45) is -2.81. The summed E-state index contributed by atoms with van der Waals surface area (Å²) in [5.74, 6) is -0.264. The fourth-order valence-corrected chi connectivity index (χ4v) is 3.36. The van der Waals surface area contributed by atoms with E-state index in [2.05, 4.69) is 15.6 Å². The number of carbonyl (C=O) groups excluding carboxylic acids is 1. The largest absolute Gasteiger partial charge is 0.496 e. The standard InChI is InChI=1S/C23H17F4N3O2/c1-32-20-4-2-3-18-21(20)16(12-28-18)13-5-8-15(9-6-13)29-22(31)30-19-11-14(23(25,26)27)7-10-17(19)24/h2-12,28H,1H3,(H2,29,30,31). The van der Waals surface area contributed by atoms with E-state index in [1.807, 2.05) is 24.4 Å². The molecule has 3 N–H and O–H groups in total. The first kappa shape index (κ1) is 21.2. The van der Waals surface area contributed by atoms with Gasteiger partial charge in [0.2, 0.25) is 0 Å². The monoisotopic (exact) mass is 443 g/mol. The zero-order chi connectivity index (χ0) is 22.9. The number of urea groups is 1. The van der Waals surface area contributed by atoms with Crippen molar-refractivity contribution in [3.05, 3.63) is 78.2 Å². The fraction of sp³-hybridized carbons (Fsp3) is 0.0870. The predicted octanol–water partition coefficient (Wildman–Crippen LogP) is 6.65. The van der Waals surface area contributed by atoms with Crippen LogP contribution in [0.25, 0.3) is 22.0 Å². The van der Waals surface area contributed by atoms with Gasteiger partial charge in [0.05, 0.1) is 18.4 Å². The van der Waals surface area contributed by atoms with Crippen molar-refractivity contribution in [3.8, 4) is 16.9 Å². The second kappa shape index (κ2) is 8.26. The van der Waals surface area contributed by atoms with Gasteiger partial charge in [-0.3, -0.25) is 0 Å². The minimum Gasteiger partial charge on any atom is -0.496 e.